The molecule has 0 spiro atoms. The minimum Gasteiger partial charge on any atom is -0.379 e. The van der Waals surface area contributed by atoms with Gasteiger partial charge in [-0.15, -0.1) is 0 Å². The molecule has 0 heterocycles. The van der Waals surface area contributed by atoms with Gasteiger partial charge in [-0.2, -0.15) is 0 Å². The van der Waals surface area contributed by atoms with Gasteiger partial charge in [-0.1, -0.05) is 185 Å². The van der Waals surface area contributed by atoms with Gasteiger partial charge < -0.3 is 14.8 Å². The van der Waals surface area contributed by atoms with Crippen molar-refractivity contribution in [3.8, 4) is 0 Å². The lowest BCUT2D eigenvalue weighted by molar-refractivity contribution is -0.0177. The predicted octanol–water partition coefficient (Wildman–Crippen LogP) is 11.6. The van der Waals surface area contributed by atoms with Gasteiger partial charge in [0.15, 0.2) is 0 Å². The lowest BCUT2D eigenvalue weighted by Crippen LogP contribution is -2.33. The topological polar surface area (TPSA) is 30.5 Å². The van der Waals surface area contributed by atoms with Crippen molar-refractivity contribution in [2.24, 2.45) is 0 Å². The van der Waals surface area contributed by atoms with Gasteiger partial charge in [0.2, 0.25) is 0 Å². The quantitative estimate of drug-likeness (QED) is 0.0848. The van der Waals surface area contributed by atoms with E-state index in [9.17, 15) is 0 Å². The first-order valence-corrected chi connectivity index (χ1v) is 18.3. The molecule has 0 saturated carbocycles. The number of nitrogens with one attached hydrogen (secondary N) is 1. The fourth-order valence-corrected chi connectivity index (χ4v) is 5.59. The maximum atomic E-state index is 6.30. The number of hydrogen-bond acceptors (Lipinski definition) is 3. The second-order valence-corrected chi connectivity index (χ2v) is 12.5. The smallest absolute Gasteiger partial charge is 0.0932 e. The van der Waals surface area contributed by atoms with Gasteiger partial charge >= 0.3 is 0 Å². The van der Waals surface area contributed by atoms with Gasteiger partial charge in [0.25, 0.3) is 0 Å². The van der Waals surface area contributed by atoms with E-state index < -0.39 is 0 Å². The van der Waals surface area contributed by atoms with Gasteiger partial charge in [0.05, 0.1) is 12.7 Å². The maximum absolute atomic E-state index is 6.30. The maximum Gasteiger partial charge on any atom is 0.0932 e. The SMILES string of the molecule is CCCCCCCCCCCCCCOCC(CNCc1ccccc1)OCCCCCCCCCCCCCC. The van der Waals surface area contributed by atoms with Crippen LogP contribution < -0.4 is 5.32 Å². The summed E-state index contributed by atoms with van der Waals surface area (Å²) < 4.78 is 12.4. The number of rotatable bonds is 33. The van der Waals surface area contributed by atoms with E-state index in [2.05, 4.69) is 49.5 Å². The molecule has 0 saturated heterocycles. The molecule has 240 valence electrons. The third-order valence-electron chi connectivity index (χ3n) is 8.34. The molecule has 3 heteroatoms. The molecule has 0 aromatic heterocycles. The van der Waals surface area contributed by atoms with Gasteiger partial charge in [-0.25, -0.2) is 0 Å². The first-order chi connectivity index (χ1) is 20.4. The van der Waals surface area contributed by atoms with Crippen molar-refractivity contribution >= 4 is 0 Å². The Morgan fingerprint density at radius 3 is 1.39 bits per heavy atom. The summed E-state index contributed by atoms with van der Waals surface area (Å²) in [7, 11) is 0. The number of benzene rings is 1. The average Bonchev–Trinajstić information content (AvgIpc) is 2.99. The highest BCUT2D eigenvalue weighted by Gasteiger charge is 2.09. The minimum absolute atomic E-state index is 0.142. The van der Waals surface area contributed by atoms with Crippen molar-refractivity contribution in [1.82, 2.24) is 5.32 Å². The molecular weight excluding hydrogens is 502 g/mol. The van der Waals surface area contributed by atoms with Crippen molar-refractivity contribution in [3.63, 3.8) is 0 Å². The molecule has 0 aliphatic heterocycles. The van der Waals surface area contributed by atoms with E-state index in [0.29, 0.717) is 6.61 Å². The van der Waals surface area contributed by atoms with E-state index in [1.165, 1.54) is 160 Å². The highest BCUT2D eigenvalue weighted by molar-refractivity contribution is 5.14. The number of hydrogen-bond donors (Lipinski definition) is 1. The molecule has 3 nitrogen and oxygen atoms in total. The van der Waals surface area contributed by atoms with Crippen molar-refractivity contribution in [2.45, 2.75) is 181 Å². The summed E-state index contributed by atoms with van der Waals surface area (Å²) in [6.07, 6.45) is 33.3. The second-order valence-electron chi connectivity index (χ2n) is 12.5. The van der Waals surface area contributed by atoms with Gasteiger partial charge in [0, 0.05) is 26.3 Å². The van der Waals surface area contributed by atoms with E-state index in [-0.39, 0.29) is 6.10 Å². The molecule has 0 radical (unpaired) electrons. The van der Waals surface area contributed by atoms with Gasteiger partial charge in [-0.05, 0) is 18.4 Å². The molecule has 1 N–H and O–H groups in total. The van der Waals surface area contributed by atoms with Crippen LogP contribution in [0.25, 0.3) is 0 Å². The predicted molar refractivity (Wildman–Crippen MR) is 181 cm³/mol. The zero-order valence-corrected chi connectivity index (χ0v) is 27.8. The van der Waals surface area contributed by atoms with Crippen LogP contribution in [0.15, 0.2) is 30.3 Å². The third-order valence-corrected chi connectivity index (χ3v) is 8.34. The third kappa shape index (κ3) is 27.7. The Morgan fingerprint density at radius 2 is 0.927 bits per heavy atom. The van der Waals surface area contributed by atoms with Crippen molar-refractivity contribution in [1.29, 1.82) is 0 Å². The summed E-state index contributed by atoms with van der Waals surface area (Å²) in [6.45, 7) is 8.76. The molecule has 0 bridgehead atoms. The van der Waals surface area contributed by atoms with Crippen LogP contribution >= 0.6 is 0 Å². The van der Waals surface area contributed by atoms with Crippen LogP contribution in [0.3, 0.4) is 0 Å². The van der Waals surface area contributed by atoms with E-state index in [1.807, 2.05) is 0 Å². The monoisotopic (exact) mass is 574 g/mol. The van der Waals surface area contributed by atoms with Crippen LogP contribution in [0, 0.1) is 0 Å². The molecule has 41 heavy (non-hydrogen) atoms. The summed E-state index contributed by atoms with van der Waals surface area (Å²) in [5.74, 6) is 0. The van der Waals surface area contributed by atoms with Crippen molar-refractivity contribution in [3.05, 3.63) is 35.9 Å². The van der Waals surface area contributed by atoms with Crippen LogP contribution in [0.2, 0.25) is 0 Å². The Morgan fingerprint density at radius 1 is 0.512 bits per heavy atom. The summed E-state index contributed by atoms with van der Waals surface area (Å²) in [4.78, 5) is 0. The molecule has 0 fully saturated rings. The molecule has 0 amide bonds. The Labute approximate surface area is 257 Å². The van der Waals surface area contributed by atoms with Crippen LogP contribution in [-0.4, -0.2) is 32.5 Å². The molecule has 0 aliphatic rings. The molecule has 0 aliphatic carbocycles. The fraction of sp³-hybridized carbons (Fsp3) is 0.842. The normalized spacial score (nSPS) is 12.2. The Balaban J connectivity index is 2.06. The van der Waals surface area contributed by atoms with E-state index in [1.54, 1.807) is 0 Å². The molecule has 1 atom stereocenters. The molecule has 1 aromatic carbocycles. The van der Waals surface area contributed by atoms with Crippen LogP contribution in [0.5, 0.6) is 0 Å². The van der Waals surface area contributed by atoms with Crippen LogP contribution in [0.4, 0.5) is 0 Å². The lowest BCUT2D eigenvalue weighted by Gasteiger charge is -2.19. The minimum atomic E-state index is 0.142. The molecule has 1 aromatic rings. The summed E-state index contributed by atoms with van der Waals surface area (Å²) in [5.41, 5.74) is 1.32. The van der Waals surface area contributed by atoms with E-state index >= 15 is 0 Å². The first-order valence-electron chi connectivity index (χ1n) is 18.3. The fourth-order valence-electron chi connectivity index (χ4n) is 5.59. The lowest BCUT2D eigenvalue weighted by atomic mass is 10.1. The average molecular weight is 574 g/mol. The molecular formula is C38H71NO2. The Kier molecular flexibility index (Phi) is 29.8. The molecule has 1 rings (SSSR count). The largest absolute Gasteiger partial charge is 0.379 e. The first kappa shape index (κ1) is 38.1. The van der Waals surface area contributed by atoms with Gasteiger partial charge in [-0.3, -0.25) is 0 Å². The van der Waals surface area contributed by atoms with Crippen LogP contribution in [-0.2, 0) is 16.0 Å². The number of unbranched alkanes of at least 4 members (excludes halogenated alkanes) is 22. The standard InChI is InChI=1S/C38H71NO2/c1-3-5-7-9-11-13-15-17-19-21-23-28-32-40-36-38(35-39-34-37-30-26-25-27-31-37)41-33-29-24-22-20-18-16-14-12-10-8-6-4-2/h25-27,30-31,38-39H,3-24,28-29,32-36H2,1-2H3. The van der Waals surface area contributed by atoms with Crippen LogP contribution in [0.1, 0.15) is 174 Å². The van der Waals surface area contributed by atoms with E-state index in [4.69, 9.17) is 9.47 Å². The summed E-state index contributed by atoms with van der Waals surface area (Å²) in [5, 5.41) is 3.59. The highest BCUT2D eigenvalue weighted by Crippen LogP contribution is 2.13. The Hall–Kier alpha value is -0.900. The number of ether oxygens (including phenoxy) is 2. The summed E-state index contributed by atoms with van der Waals surface area (Å²) >= 11 is 0. The highest BCUT2D eigenvalue weighted by atomic mass is 16.5. The summed E-state index contributed by atoms with van der Waals surface area (Å²) in [6, 6.07) is 10.7. The molecule has 1 unspecified atom stereocenters. The van der Waals surface area contributed by atoms with Crippen molar-refractivity contribution in [2.75, 3.05) is 26.4 Å². The Bertz CT molecular complexity index is 608. The van der Waals surface area contributed by atoms with E-state index in [0.717, 1.165) is 26.3 Å². The van der Waals surface area contributed by atoms with Crippen molar-refractivity contribution < 1.29 is 9.47 Å². The second kappa shape index (κ2) is 32.0. The zero-order chi connectivity index (χ0) is 29.3. The zero-order valence-electron chi connectivity index (χ0n) is 27.8. The van der Waals surface area contributed by atoms with Gasteiger partial charge in [0.1, 0.15) is 0 Å².